The van der Waals surface area contributed by atoms with E-state index in [-0.39, 0.29) is 18.1 Å². The molecule has 2 N–H and O–H groups in total. The number of methoxy groups -OCH3 is 1. The molecule has 1 aromatic rings. The highest BCUT2D eigenvalue weighted by Crippen LogP contribution is 2.20. The van der Waals surface area contributed by atoms with E-state index in [0.29, 0.717) is 11.3 Å². The molecule has 0 aliphatic rings. The van der Waals surface area contributed by atoms with Gasteiger partial charge in [-0.1, -0.05) is 0 Å². The molecule has 0 bridgehead atoms. The molecule has 0 aliphatic heterocycles. The van der Waals surface area contributed by atoms with Gasteiger partial charge in [0.25, 0.3) is 0 Å². The van der Waals surface area contributed by atoms with E-state index >= 15 is 0 Å². The van der Waals surface area contributed by atoms with Gasteiger partial charge in [-0.15, -0.1) is 0 Å². The Bertz CT molecular complexity index is 454. The average Bonchev–Trinajstić information content (AvgIpc) is 2.23. The smallest absolute Gasteiger partial charge is 0.336 e. The molecule has 0 saturated heterocycles. The van der Waals surface area contributed by atoms with Gasteiger partial charge in [-0.3, -0.25) is 4.79 Å². The molecule has 5 nitrogen and oxygen atoms in total. The van der Waals surface area contributed by atoms with Gasteiger partial charge in [0.2, 0.25) is 5.91 Å². The number of aryl methyl sites for hydroxylation is 1. The van der Waals surface area contributed by atoms with Crippen LogP contribution in [0.25, 0.3) is 0 Å². The molecule has 0 saturated carbocycles. The molecular formula is C12H15NO4. The summed E-state index contributed by atoms with van der Waals surface area (Å²) in [6.45, 7) is 3.47. The molecule has 1 rings (SSSR count). The van der Waals surface area contributed by atoms with Crippen LogP contribution < -0.4 is 5.32 Å². The van der Waals surface area contributed by atoms with Crippen LogP contribution in [-0.2, 0) is 9.53 Å². The normalized spacial score (nSPS) is 10.1. The fraction of sp³-hybridized carbons (Fsp3) is 0.333. The third-order valence-corrected chi connectivity index (χ3v) is 2.46. The molecule has 0 aromatic heterocycles. The number of benzene rings is 1. The first-order valence-corrected chi connectivity index (χ1v) is 5.09. The van der Waals surface area contributed by atoms with Crippen LogP contribution in [0, 0.1) is 13.8 Å². The Morgan fingerprint density at radius 2 is 2.00 bits per heavy atom. The summed E-state index contributed by atoms with van der Waals surface area (Å²) in [5.74, 6) is -1.32. The van der Waals surface area contributed by atoms with Gasteiger partial charge in [0.1, 0.15) is 6.61 Å². The van der Waals surface area contributed by atoms with Gasteiger partial charge in [-0.25, -0.2) is 4.79 Å². The van der Waals surface area contributed by atoms with E-state index in [1.165, 1.54) is 13.2 Å². The molecule has 0 aliphatic carbocycles. The number of aromatic carboxylic acids is 1. The second-order valence-electron chi connectivity index (χ2n) is 3.75. The number of ether oxygens (including phenoxy) is 1. The van der Waals surface area contributed by atoms with E-state index in [0.717, 1.165) is 5.56 Å². The molecule has 0 heterocycles. The first kappa shape index (κ1) is 13.2. The van der Waals surface area contributed by atoms with Crippen LogP contribution >= 0.6 is 0 Å². The maximum atomic E-state index is 11.3. The van der Waals surface area contributed by atoms with E-state index in [1.54, 1.807) is 19.9 Å². The number of carbonyl (C=O) groups is 2. The van der Waals surface area contributed by atoms with E-state index in [9.17, 15) is 9.59 Å². The van der Waals surface area contributed by atoms with Crippen LogP contribution in [0.2, 0.25) is 0 Å². The zero-order valence-electron chi connectivity index (χ0n) is 10.0. The average molecular weight is 237 g/mol. The van der Waals surface area contributed by atoms with Crippen LogP contribution in [-0.4, -0.2) is 30.7 Å². The summed E-state index contributed by atoms with van der Waals surface area (Å²) >= 11 is 0. The standard InChI is InChI=1S/C12H15NO4/c1-7-4-9(13-11(14)6-17-3)5-10(8(7)2)12(15)16/h4-5H,6H2,1-3H3,(H,13,14)(H,15,16). The number of nitrogens with one attached hydrogen (secondary N) is 1. The van der Waals surface area contributed by atoms with Crippen molar-refractivity contribution in [3.8, 4) is 0 Å². The fourth-order valence-electron chi connectivity index (χ4n) is 1.48. The Kier molecular flexibility index (Phi) is 4.23. The predicted octanol–water partition coefficient (Wildman–Crippen LogP) is 1.59. The Morgan fingerprint density at radius 3 is 2.53 bits per heavy atom. The SMILES string of the molecule is COCC(=O)Nc1cc(C)c(C)c(C(=O)O)c1. The summed E-state index contributed by atoms with van der Waals surface area (Å²) in [6, 6.07) is 3.17. The van der Waals surface area contributed by atoms with Crippen LogP contribution in [0.3, 0.4) is 0 Å². The van der Waals surface area contributed by atoms with E-state index in [2.05, 4.69) is 10.1 Å². The van der Waals surface area contributed by atoms with Gasteiger partial charge in [0, 0.05) is 12.8 Å². The van der Waals surface area contributed by atoms with Gasteiger partial charge >= 0.3 is 5.97 Å². The summed E-state index contributed by atoms with van der Waals surface area (Å²) < 4.78 is 4.68. The molecule has 5 heteroatoms. The Labute approximate surface area is 99.4 Å². The molecule has 1 aromatic carbocycles. The highest BCUT2D eigenvalue weighted by molar-refractivity contribution is 5.95. The minimum atomic E-state index is -1.01. The van der Waals surface area contributed by atoms with Crippen molar-refractivity contribution in [2.24, 2.45) is 0 Å². The molecule has 0 unspecified atom stereocenters. The van der Waals surface area contributed by atoms with E-state index in [1.807, 2.05) is 0 Å². The second kappa shape index (κ2) is 5.45. The van der Waals surface area contributed by atoms with Crippen molar-refractivity contribution in [1.29, 1.82) is 0 Å². The lowest BCUT2D eigenvalue weighted by atomic mass is 10.0. The number of rotatable bonds is 4. The van der Waals surface area contributed by atoms with Crippen LogP contribution in [0.15, 0.2) is 12.1 Å². The maximum absolute atomic E-state index is 11.3. The third kappa shape index (κ3) is 3.29. The lowest BCUT2D eigenvalue weighted by Crippen LogP contribution is -2.17. The Hall–Kier alpha value is -1.88. The molecule has 17 heavy (non-hydrogen) atoms. The Morgan fingerprint density at radius 1 is 1.35 bits per heavy atom. The predicted molar refractivity (Wildman–Crippen MR) is 63.4 cm³/mol. The molecule has 0 atom stereocenters. The monoisotopic (exact) mass is 237 g/mol. The van der Waals surface area contributed by atoms with Crippen LogP contribution in [0.5, 0.6) is 0 Å². The number of carboxylic acid groups (broad SMARTS) is 1. The van der Waals surface area contributed by atoms with Gasteiger partial charge in [-0.05, 0) is 37.1 Å². The maximum Gasteiger partial charge on any atom is 0.336 e. The number of carbonyl (C=O) groups excluding carboxylic acids is 1. The van der Waals surface area contributed by atoms with Crippen molar-refractivity contribution in [2.75, 3.05) is 19.0 Å². The molecule has 0 fully saturated rings. The first-order valence-electron chi connectivity index (χ1n) is 5.09. The molecule has 1 amide bonds. The highest BCUT2D eigenvalue weighted by atomic mass is 16.5. The number of anilines is 1. The van der Waals surface area contributed by atoms with Gasteiger partial charge < -0.3 is 15.2 Å². The van der Waals surface area contributed by atoms with Crippen molar-refractivity contribution in [1.82, 2.24) is 0 Å². The highest BCUT2D eigenvalue weighted by Gasteiger charge is 2.12. The number of carboxylic acids is 1. The zero-order chi connectivity index (χ0) is 13.0. The van der Waals surface area contributed by atoms with Crippen LogP contribution in [0.4, 0.5) is 5.69 Å². The van der Waals surface area contributed by atoms with Gasteiger partial charge in [0.05, 0.1) is 5.56 Å². The van der Waals surface area contributed by atoms with Gasteiger partial charge in [0.15, 0.2) is 0 Å². The first-order chi connectivity index (χ1) is 7.95. The second-order valence-corrected chi connectivity index (χ2v) is 3.75. The van der Waals surface area contributed by atoms with Crippen molar-refractivity contribution in [2.45, 2.75) is 13.8 Å². The zero-order valence-corrected chi connectivity index (χ0v) is 10.0. The largest absolute Gasteiger partial charge is 0.478 e. The summed E-state index contributed by atoms with van der Waals surface area (Å²) in [4.78, 5) is 22.3. The molecule has 92 valence electrons. The third-order valence-electron chi connectivity index (χ3n) is 2.46. The lowest BCUT2D eigenvalue weighted by Gasteiger charge is -2.10. The molecular weight excluding hydrogens is 222 g/mol. The van der Waals surface area contributed by atoms with Crippen molar-refractivity contribution < 1.29 is 19.4 Å². The summed E-state index contributed by atoms with van der Waals surface area (Å²) in [5, 5.41) is 11.6. The van der Waals surface area contributed by atoms with Crippen molar-refractivity contribution in [3.05, 3.63) is 28.8 Å². The molecule has 0 radical (unpaired) electrons. The van der Waals surface area contributed by atoms with E-state index in [4.69, 9.17) is 5.11 Å². The number of amides is 1. The lowest BCUT2D eigenvalue weighted by molar-refractivity contribution is -0.119. The minimum absolute atomic E-state index is 0.0602. The van der Waals surface area contributed by atoms with Gasteiger partial charge in [-0.2, -0.15) is 0 Å². The number of hydrogen-bond acceptors (Lipinski definition) is 3. The number of hydrogen-bond donors (Lipinski definition) is 2. The van der Waals surface area contributed by atoms with Crippen molar-refractivity contribution >= 4 is 17.6 Å². The summed E-state index contributed by atoms with van der Waals surface area (Å²) in [5.41, 5.74) is 2.17. The summed E-state index contributed by atoms with van der Waals surface area (Å²) in [7, 11) is 1.42. The quantitative estimate of drug-likeness (QED) is 0.833. The van der Waals surface area contributed by atoms with Crippen molar-refractivity contribution in [3.63, 3.8) is 0 Å². The topological polar surface area (TPSA) is 75.6 Å². The minimum Gasteiger partial charge on any atom is -0.478 e. The summed E-state index contributed by atoms with van der Waals surface area (Å²) in [6.07, 6.45) is 0. The fourth-order valence-corrected chi connectivity index (χ4v) is 1.48. The molecule has 0 spiro atoms. The Balaban J connectivity index is 3.02. The van der Waals surface area contributed by atoms with Crippen LogP contribution in [0.1, 0.15) is 21.5 Å². The van der Waals surface area contributed by atoms with E-state index < -0.39 is 5.97 Å².